The van der Waals surface area contributed by atoms with E-state index >= 15 is 0 Å². The van der Waals surface area contributed by atoms with Crippen LogP contribution >= 0.6 is 0 Å². The normalized spacial score (nSPS) is 18.8. The zero-order valence-corrected chi connectivity index (χ0v) is 47.9. The van der Waals surface area contributed by atoms with Gasteiger partial charge in [0.1, 0.15) is 18.8 Å². The van der Waals surface area contributed by atoms with Crippen molar-refractivity contribution in [3.63, 3.8) is 0 Å². The molecule has 1 aliphatic rings. The van der Waals surface area contributed by atoms with E-state index < -0.39 is 67.3 Å². The Labute approximate surface area is 465 Å². The number of unbranched alkanes of at least 4 members (excludes halogenated alkanes) is 18. The highest BCUT2D eigenvalue weighted by Crippen LogP contribution is 2.26. The van der Waals surface area contributed by atoms with Crippen LogP contribution in [0.4, 0.5) is 0 Å². The fourth-order valence-electron chi connectivity index (χ4n) is 8.38. The maximum atomic E-state index is 13.1. The molecule has 1 aliphatic heterocycles. The number of aliphatic hydroxyl groups is 2. The average Bonchev–Trinajstić information content (AvgIpc) is 3.42. The number of carbonyl (C=O) groups is 4. The molecule has 6 unspecified atom stereocenters. The van der Waals surface area contributed by atoms with Gasteiger partial charge < -0.3 is 39.0 Å². The van der Waals surface area contributed by atoms with Crippen LogP contribution in [0.2, 0.25) is 0 Å². The number of ether oxygens (including phenoxy) is 5. The van der Waals surface area contributed by atoms with Gasteiger partial charge in [-0.15, -0.1) is 0 Å². The molecular formula is C65H104O12. The Kier molecular flexibility index (Phi) is 47.6. The van der Waals surface area contributed by atoms with Gasteiger partial charge in [0, 0.05) is 12.8 Å². The van der Waals surface area contributed by atoms with Gasteiger partial charge in [-0.05, 0) is 83.5 Å². The lowest BCUT2D eigenvalue weighted by molar-refractivity contribution is -0.301. The summed E-state index contributed by atoms with van der Waals surface area (Å²) in [5, 5.41) is 31.4. The third-order valence-corrected chi connectivity index (χ3v) is 12.9. The summed E-state index contributed by atoms with van der Waals surface area (Å²) in [5.74, 6) is -3.30. The molecule has 1 fully saturated rings. The highest BCUT2D eigenvalue weighted by molar-refractivity contribution is 5.74. The lowest BCUT2D eigenvalue weighted by Crippen LogP contribution is -2.61. The zero-order valence-electron chi connectivity index (χ0n) is 47.9. The predicted molar refractivity (Wildman–Crippen MR) is 312 cm³/mol. The molecule has 0 aromatic carbocycles. The molecule has 12 nitrogen and oxygen atoms in total. The van der Waals surface area contributed by atoms with Crippen LogP contribution in [0, 0.1) is 0 Å². The van der Waals surface area contributed by atoms with Gasteiger partial charge in [0.25, 0.3) is 0 Å². The van der Waals surface area contributed by atoms with Crippen molar-refractivity contribution in [2.24, 2.45) is 0 Å². The van der Waals surface area contributed by atoms with Crippen molar-refractivity contribution in [1.82, 2.24) is 0 Å². The second-order valence-corrected chi connectivity index (χ2v) is 19.9. The highest BCUT2D eigenvalue weighted by Gasteiger charge is 2.50. The summed E-state index contributed by atoms with van der Waals surface area (Å²) in [6, 6.07) is 0. The second-order valence-electron chi connectivity index (χ2n) is 19.9. The number of esters is 3. The number of rotatable bonds is 49. The Morgan fingerprint density at radius 2 is 0.857 bits per heavy atom. The summed E-state index contributed by atoms with van der Waals surface area (Å²) in [7, 11) is 0. The largest absolute Gasteiger partial charge is 0.479 e. The van der Waals surface area contributed by atoms with Crippen LogP contribution in [0.25, 0.3) is 0 Å². The molecule has 1 saturated heterocycles. The first-order valence-electron chi connectivity index (χ1n) is 29.9. The molecule has 1 rings (SSSR count). The number of carboxylic acid groups (broad SMARTS) is 1. The maximum absolute atomic E-state index is 13.1. The summed E-state index contributed by atoms with van der Waals surface area (Å²) < 4.78 is 28.3. The Morgan fingerprint density at radius 3 is 1.31 bits per heavy atom. The van der Waals surface area contributed by atoms with Crippen molar-refractivity contribution in [2.75, 3.05) is 13.2 Å². The lowest BCUT2D eigenvalue weighted by atomic mass is 9.98. The summed E-state index contributed by atoms with van der Waals surface area (Å²) >= 11 is 0. The van der Waals surface area contributed by atoms with Crippen molar-refractivity contribution in [3.05, 3.63) is 109 Å². The minimum atomic E-state index is -1.94. The molecule has 0 radical (unpaired) electrons. The molecule has 0 aliphatic carbocycles. The third kappa shape index (κ3) is 42.1. The third-order valence-electron chi connectivity index (χ3n) is 12.9. The SMILES string of the molecule is CC/C=C\C/C=C\C/C=C\C/C=C\C/C=C\CC(=O)OC1C(OCC(COC(=O)CCCCCCCC/C=C\C/C=C\C/C=C\C/C=C\CC)OC(=O)CCCCCCCCCCCCCCC)OC(C(=O)O)C(O)C1O. The fraction of sp³-hybridized carbons (Fsp3) is 0.662. The van der Waals surface area contributed by atoms with E-state index in [0.717, 1.165) is 109 Å². The van der Waals surface area contributed by atoms with E-state index in [2.05, 4.69) is 106 Å². The van der Waals surface area contributed by atoms with E-state index in [1.165, 1.54) is 57.8 Å². The second kappa shape index (κ2) is 52.1. The molecule has 0 bridgehead atoms. The zero-order chi connectivity index (χ0) is 56.1. The van der Waals surface area contributed by atoms with Gasteiger partial charge in [0.15, 0.2) is 24.6 Å². The first-order chi connectivity index (χ1) is 37.6. The summed E-state index contributed by atoms with van der Waals surface area (Å²) in [4.78, 5) is 51.1. The first-order valence-corrected chi connectivity index (χ1v) is 29.9. The standard InChI is InChI=1S/C65H104O12/c1-4-7-10-13-16-19-22-25-27-28-29-30-32-34-36-39-42-45-48-51-57(66)73-54-56(75-58(67)52-49-46-43-40-37-33-24-21-18-15-12-9-6-3)55-74-65-63(61(70)60(69)62(77-65)64(71)72)76-59(68)53-50-47-44-41-38-35-31-26-23-20-17-14-11-8-5-2/h7-8,10-11,16-17,19-20,25-27,29-31,38,41,47,50,56,60-63,65,69-70H,4-6,9,12-15,18,21-24,28,32-37,39-40,42-46,48-49,51-55H2,1-3H3,(H,71,72)/b10-7-,11-8-,19-16-,20-17-,27-25-,30-29-,31-26-,41-38-,50-47-. The summed E-state index contributed by atoms with van der Waals surface area (Å²) in [6.45, 7) is 5.70. The number of carboxylic acids is 1. The van der Waals surface area contributed by atoms with Crippen LogP contribution in [-0.4, -0.2) is 89.2 Å². The van der Waals surface area contributed by atoms with Crippen LogP contribution < -0.4 is 0 Å². The molecule has 0 spiro atoms. The van der Waals surface area contributed by atoms with E-state index in [1.54, 1.807) is 12.2 Å². The van der Waals surface area contributed by atoms with E-state index in [9.17, 15) is 34.5 Å². The molecule has 0 aromatic heterocycles. The summed E-state index contributed by atoms with van der Waals surface area (Å²) in [6.07, 6.45) is 58.0. The molecule has 436 valence electrons. The van der Waals surface area contributed by atoms with E-state index in [-0.39, 0.29) is 25.9 Å². The smallest absolute Gasteiger partial charge is 0.335 e. The average molecular weight is 1080 g/mol. The van der Waals surface area contributed by atoms with E-state index in [0.29, 0.717) is 19.3 Å². The van der Waals surface area contributed by atoms with Gasteiger partial charge in [-0.25, -0.2) is 4.79 Å². The number of aliphatic hydroxyl groups excluding tert-OH is 2. The Bertz CT molecular complexity index is 1750. The molecule has 6 atom stereocenters. The van der Waals surface area contributed by atoms with Gasteiger partial charge in [-0.1, -0.05) is 233 Å². The van der Waals surface area contributed by atoms with Crippen LogP contribution in [0.15, 0.2) is 109 Å². The molecule has 3 N–H and O–H groups in total. The molecule has 12 heteroatoms. The van der Waals surface area contributed by atoms with Crippen molar-refractivity contribution < 1.29 is 58.2 Å². The number of hydrogen-bond donors (Lipinski definition) is 3. The Balaban J connectivity index is 2.73. The van der Waals surface area contributed by atoms with Crippen molar-refractivity contribution >= 4 is 23.9 Å². The maximum Gasteiger partial charge on any atom is 0.335 e. The molecule has 0 saturated carbocycles. The molecular weight excluding hydrogens is 973 g/mol. The molecule has 77 heavy (non-hydrogen) atoms. The Morgan fingerprint density at radius 1 is 0.455 bits per heavy atom. The number of carbonyl (C=O) groups excluding carboxylic acids is 3. The van der Waals surface area contributed by atoms with Crippen LogP contribution in [0.5, 0.6) is 0 Å². The monoisotopic (exact) mass is 1080 g/mol. The number of allylic oxidation sites excluding steroid dienone is 17. The molecule has 0 aromatic rings. The quantitative estimate of drug-likeness (QED) is 0.0228. The fourth-order valence-corrected chi connectivity index (χ4v) is 8.38. The minimum Gasteiger partial charge on any atom is -0.479 e. The number of aliphatic carboxylic acids is 1. The lowest BCUT2D eigenvalue weighted by Gasteiger charge is -2.40. The van der Waals surface area contributed by atoms with Gasteiger partial charge in [0.05, 0.1) is 13.0 Å². The van der Waals surface area contributed by atoms with Crippen LogP contribution in [0.1, 0.15) is 226 Å². The predicted octanol–water partition coefficient (Wildman–Crippen LogP) is 15.4. The molecule has 0 amide bonds. The van der Waals surface area contributed by atoms with Gasteiger partial charge in [-0.2, -0.15) is 0 Å². The van der Waals surface area contributed by atoms with Crippen molar-refractivity contribution in [2.45, 2.75) is 263 Å². The topological polar surface area (TPSA) is 175 Å². The highest BCUT2D eigenvalue weighted by atomic mass is 16.7. The van der Waals surface area contributed by atoms with E-state index in [4.69, 9.17) is 23.7 Å². The van der Waals surface area contributed by atoms with Crippen LogP contribution in [0.3, 0.4) is 0 Å². The molecule has 1 heterocycles. The number of hydrogen-bond acceptors (Lipinski definition) is 11. The van der Waals surface area contributed by atoms with Gasteiger partial charge >= 0.3 is 23.9 Å². The first kappa shape index (κ1) is 70.4. The van der Waals surface area contributed by atoms with Crippen molar-refractivity contribution in [3.8, 4) is 0 Å². The van der Waals surface area contributed by atoms with Gasteiger partial charge in [0.2, 0.25) is 0 Å². The van der Waals surface area contributed by atoms with E-state index in [1.807, 2.05) is 12.2 Å². The van der Waals surface area contributed by atoms with Crippen LogP contribution in [-0.2, 0) is 42.9 Å². The minimum absolute atomic E-state index is 0.146. The summed E-state index contributed by atoms with van der Waals surface area (Å²) in [5.41, 5.74) is 0. The van der Waals surface area contributed by atoms with Gasteiger partial charge in [-0.3, -0.25) is 14.4 Å². The van der Waals surface area contributed by atoms with Crippen molar-refractivity contribution in [1.29, 1.82) is 0 Å². The Hall–Kier alpha value is -4.62.